The van der Waals surface area contributed by atoms with Gasteiger partial charge >= 0.3 is 5.97 Å². The number of aliphatic hydroxyl groups excluding tert-OH is 1. The molecule has 0 aliphatic carbocycles. The summed E-state index contributed by atoms with van der Waals surface area (Å²) < 4.78 is 9.44. The molecule has 0 aliphatic heterocycles. The molecule has 0 saturated heterocycles. The molecule has 0 heterocycles. The summed E-state index contributed by atoms with van der Waals surface area (Å²) >= 11 is 1.07. The maximum atomic E-state index is 11.4. The van der Waals surface area contributed by atoms with Gasteiger partial charge in [-0.3, -0.25) is 4.79 Å². The van der Waals surface area contributed by atoms with Crippen LogP contribution in [-0.2, 0) is 13.9 Å². The lowest BCUT2D eigenvalue weighted by Gasteiger charge is -2.17. The molecule has 7 heteroatoms. The molecule has 0 spiro atoms. The van der Waals surface area contributed by atoms with Crippen LogP contribution in [0.25, 0.3) is 0 Å². The maximum absolute atomic E-state index is 11.4. The Morgan fingerprint density at radius 3 is 2.58 bits per heavy atom. The van der Waals surface area contributed by atoms with Gasteiger partial charge < -0.3 is 20.5 Å². The quantitative estimate of drug-likeness (QED) is 0.337. The van der Waals surface area contributed by atoms with Gasteiger partial charge in [-0.25, -0.2) is 0 Å². The van der Waals surface area contributed by atoms with Gasteiger partial charge in [-0.1, -0.05) is 12.1 Å². The van der Waals surface area contributed by atoms with E-state index in [1.54, 1.807) is 37.4 Å². The highest BCUT2D eigenvalue weighted by atomic mass is 32.2. The van der Waals surface area contributed by atoms with Crippen molar-refractivity contribution in [2.75, 3.05) is 12.9 Å². The largest absolute Gasteiger partial charge is 0.465 e. The zero-order valence-corrected chi connectivity index (χ0v) is 11.6. The third kappa shape index (κ3) is 4.71. The number of aliphatic hydroxyl groups is 1. The van der Waals surface area contributed by atoms with E-state index in [0.717, 1.165) is 12.0 Å². The van der Waals surface area contributed by atoms with Gasteiger partial charge in [0, 0.05) is 18.3 Å². The first-order valence-electron chi connectivity index (χ1n) is 5.67. The van der Waals surface area contributed by atoms with Crippen LogP contribution in [0.2, 0.25) is 0 Å². The minimum absolute atomic E-state index is 0.220. The van der Waals surface area contributed by atoms with Crippen LogP contribution in [0.1, 0.15) is 18.6 Å². The Morgan fingerprint density at radius 2 is 2.05 bits per heavy atom. The lowest BCUT2D eigenvalue weighted by atomic mass is 10.0. The van der Waals surface area contributed by atoms with Crippen molar-refractivity contribution in [3.05, 3.63) is 29.8 Å². The first-order chi connectivity index (χ1) is 9.10. The average molecular weight is 287 g/mol. The zero-order valence-electron chi connectivity index (χ0n) is 10.7. The van der Waals surface area contributed by atoms with E-state index in [0.29, 0.717) is 11.3 Å². The van der Waals surface area contributed by atoms with Gasteiger partial charge in [0.2, 0.25) is 0 Å². The Labute approximate surface area is 116 Å². The van der Waals surface area contributed by atoms with Crippen LogP contribution in [0.3, 0.4) is 0 Å². The molecule has 2 atom stereocenters. The third-order valence-corrected chi connectivity index (χ3v) is 2.52. The second-order valence-electron chi connectivity index (χ2n) is 3.61. The molecule has 1 aromatic rings. The van der Waals surface area contributed by atoms with Crippen LogP contribution in [0.15, 0.2) is 24.3 Å². The number of benzene rings is 1. The third-order valence-electron chi connectivity index (χ3n) is 2.32. The van der Waals surface area contributed by atoms with E-state index < -0.39 is 18.1 Å². The van der Waals surface area contributed by atoms with Gasteiger partial charge in [0.1, 0.15) is 12.1 Å². The van der Waals surface area contributed by atoms with E-state index in [2.05, 4.69) is 0 Å². The number of hydrogen-bond acceptors (Lipinski definition) is 7. The summed E-state index contributed by atoms with van der Waals surface area (Å²) in [6.45, 7) is 1.90. The summed E-state index contributed by atoms with van der Waals surface area (Å²) in [5.41, 5.74) is 6.11. The zero-order chi connectivity index (χ0) is 14.3. The molecule has 3 N–H and O–H groups in total. The fourth-order valence-corrected chi connectivity index (χ4v) is 1.52. The van der Waals surface area contributed by atoms with Crippen LogP contribution in [0, 0.1) is 0 Å². The Kier molecular flexibility index (Phi) is 6.65. The fraction of sp³-hybridized carbons (Fsp3) is 0.417. The predicted octanol–water partition coefficient (Wildman–Crippen LogP) is 1.20. The maximum Gasteiger partial charge on any atom is 0.325 e. The van der Waals surface area contributed by atoms with E-state index >= 15 is 0 Å². The summed E-state index contributed by atoms with van der Waals surface area (Å²) in [5.74, 6) is -0.156. The monoisotopic (exact) mass is 287 g/mol. The van der Waals surface area contributed by atoms with Crippen LogP contribution < -0.4 is 10.6 Å². The van der Waals surface area contributed by atoms with Crippen molar-refractivity contribution in [3.8, 4) is 5.75 Å². The van der Waals surface area contributed by atoms with Crippen molar-refractivity contribution in [1.29, 1.82) is 0 Å². The molecular weight excluding hydrogens is 270 g/mol. The van der Waals surface area contributed by atoms with Gasteiger partial charge in [-0.05, 0) is 24.6 Å². The van der Waals surface area contributed by atoms with Crippen LogP contribution in [0.4, 0.5) is 0 Å². The van der Waals surface area contributed by atoms with Crippen molar-refractivity contribution in [1.82, 2.24) is 0 Å². The highest BCUT2D eigenvalue weighted by Gasteiger charge is 2.25. The molecule has 19 heavy (non-hydrogen) atoms. The molecule has 0 bridgehead atoms. The standard InChI is InChI=1S/C12H17NO5S/c1-3-16-12(15)10(13)11(14)8-4-6-9(7-5-8)17-18-19-2/h4-7,10-11,14H,3,13H2,1-2H3/t10-,11+/m0/s1. The summed E-state index contributed by atoms with van der Waals surface area (Å²) in [4.78, 5) is 16.3. The molecule has 0 saturated carbocycles. The normalized spacial score (nSPS) is 13.7. The average Bonchev–Trinajstić information content (AvgIpc) is 2.44. The van der Waals surface area contributed by atoms with Gasteiger partial charge in [-0.15, -0.1) is 4.33 Å². The number of ether oxygens (including phenoxy) is 1. The highest BCUT2D eigenvalue weighted by Crippen LogP contribution is 2.21. The summed E-state index contributed by atoms with van der Waals surface area (Å²) in [6.07, 6.45) is 0.589. The van der Waals surface area contributed by atoms with E-state index in [9.17, 15) is 9.90 Å². The Hall–Kier alpha value is -1.28. The second-order valence-corrected chi connectivity index (χ2v) is 4.08. The van der Waals surface area contributed by atoms with Gasteiger partial charge in [0.05, 0.1) is 6.61 Å². The molecule has 0 aromatic heterocycles. The van der Waals surface area contributed by atoms with Crippen molar-refractivity contribution in [2.45, 2.75) is 19.1 Å². The van der Waals surface area contributed by atoms with E-state index in [4.69, 9.17) is 19.7 Å². The second kappa shape index (κ2) is 8.00. The summed E-state index contributed by atoms with van der Waals surface area (Å²) in [6, 6.07) is 5.29. The first-order valence-corrected chi connectivity index (χ1v) is 6.82. The molecule has 1 rings (SSSR count). The molecule has 0 radical (unpaired) electrons. The summed E-state index contributed by atoms with van der Waals surface area (Å²) in [5, 5.41) is 9.95. The SMILES string of the molecule is CCOC(=O)[C@@H](N)[C@H](O)c1ccc(OOSC)cc1. The number of hydrogen-bond donors (Lipinski definition) is 2. The highest BCUT2D eigenvalue weighted by molar-refractivity contribution is 7.93. The lowest BCUT2D eigenvalue weighted by molar-refractivity contribution is -0.147. The molecule has 0 amide bonds. The van der Waals surface area contributed by atoms with Gasteiger partial charge in [-0.2, -0.15) is 0 Å². The van der Waals surface area contributed by atoms with Crippen molar-refractivity contribution in [3.63, 3.8) is 0 Å². The Balaban J connectivity index is 2.66. The number of esters is 1. The van der Waals surface area contributed by atoms with E-state index in [1.807, 2.05) is 0 Å². The van der Waals surface area contributed by atoms with Crippen LogP contribution in [-0.4, -0.2) is 30.0 Å². The van der Waals surface area contributed by atoms with Gasteiger partial charge in [0.25, 0.3) is 0 Å². The van der Waals surface area contributed by atoms with Crippen molar-refractivity contribution >= 4 is 18.0 Å². The van der Waals surface area contributed by atoms with Crippen LogP contribution in [0.5, 0.6) is 5.75 Å². The minimum atomic E-state index is -1.13. The topological polar surface area (TPSA) is 91.0 Å². The fourth-order valence-electron chi connectivity index (χ4n) is 1.37. The molecule has 0 aliphatic rings. The number of carbonyl (C=O) groups excluding carboxylic acids is 1. The minimum Gasteiger partial charge on any atom is -0.465 e. The molecule has 1 aromatic carbocycles. The van der Waals surface area contributed by atoms with Gasteiger partial charge in [0.15, 0.2) is 5.75 Å². The van der Waals surface area contributed by atoms with Crippen molar-refractivity contribution < 1.29 is 23.9 Å². The molecule has 0 unspecified atom stereocenters. The lowest BCUT2D eigenvalue weighted by Crippen LogP contribution is -2.38. The Bertz CT molecular complexity index is 398. The number of carbonyl (C=O) groups is 1. The smallest absolute Gasteiger partial charge is 0.325 e. The number of rotatable bonds is 7. The predicted molar refractivity (Wildman–Crippen MR) is 71.2 cm³/mol. The number of nitrogens with two attached hydrogens (primary N) is 1. The molecule has 106 valence electrons. The van der Waals surface area contributed by atoms with E-state index in [1.165, 1.54) is 0 Å². The van der Waals surface area contributed by atoms with E-state index in [-0.39, 0.29) is 6.61 Å². The first kappa shape index (κ1) is 15.8. The molecule has 0 fully saturated rings. The Morgan fingerprint density at radius 1 is 1.42 bits per heavy atom. The molecular formula is C12H17NO5S. The molecule has 6 nitrogen and oxygen atoms in total. The summed E-state index contributed by atoms with van der Waals surface area (Å²) in [7, 11) is 0. The van der Waals surface area contributed by atoms with Crippen molar-refractivity contribution in [2.24, 2.45) is 5.73 Å². The van der Waals surface area contributed by atoms with Crippen LogP contribution >= 0.6 is 12.0 Å².